The highest BCUT2D eigenvalue weighted by Crippen LogP contribution is 2.19. The SMILES string of the molecule is CC(C)Nc1ccc(C(=O)N2CCCCC2C)cn1. The zero-order chi connectivity index (χ0) is 13.8. The molecule has 2 rings (SSSR count). The molecule has 19 heavy (non-hydrogen) atoms. The van der Waals surface area contributed by atoms with Gasteiger partial charge in [-0.05, 0) is 52.2 Å². The standard InChI is InChI=1S/C15H23N3O/c1-11(2)17-14-8-7-13(10-16-14)15(19)18-9-5-4-6-12(18)3/h7-8,10-12H,4-6,9H2,1-3H3,(H,16,17). The fraction of sp³-hybridized carbons (Fsp3) is 0.600. The third-order valence-corrected chi connectivity index (χ3v) is 3.51. The Morgan fingerprint density at radius 2 is 2.21 bits per heavy atom. The van der Waals surface area contributed by atoms with Gasteiger partial charge in [-0.2, -0.15) is 0 Å². The molecular formula is C15H23N3O. The lowest BCUT2D eigenvalue weighted by atomic mass is 10.0. The molecule has 1 saturated heterocycles. The Bertz CT molecular complexity index is 428. The van der Waals surface area contributed by atoms with E-state index in [0.29, 0.717) is 17.6 Å². The van der Waals surface area contributed by atoms with E-state index in [9.17, 15) is 4.79 Å². The van der Waals surface area contributed by atoms with Gasteiger partial charge >= 0.3 is 0 Å². The summed E-state index contributed by atoms with van der Waals surface area (Å²) < 4.78 is 0. The maximum absolute atomic E-state index is 12.4. The van der Waals surface area contributed by atoms with Crippen molar-refractivity contribution in [1.29, 1.82) is 0 Å². The quantitative estimate of drug-likeness (QED) is 0.910. The summed E-state index contributed by atoms with van der Waals surface area (Å²) in [6.07, 6.45) is 5.11. The van der Waals surface area contributed by atoms with Gasteiger partial charge in [-0.25, -0.2) is 4.98 Å². The van der Waals surface area contributed by atoms with Crippen LogP contribution in [-0.2, 0) is 0 Å². The summed E-state index contributed by atoms with van der Waals surface area (Å²) in [5, 5.41) is 3.22. The first kappa shape index (κ1) is 13.8. The zero-order valence-corrected chi connectivity index (χ0v) is 12.0. The van der Waals surface area contributed by atoms with E-state index in [1.54, 1.807) is 6.20 Å². The molecule has 1 aromatic rings. The summed E-state index contributed by atoms with van der Waals surface area (Å²) >= 11 is 0. The Hall–Kier alpha value is -1.58. The molecule has 1 N–H and O–H groups in total. The van der Waals surface area contributed by atoms with E-state index >= 15 is 0 Å². The maximum Gasteiger partial charge on any atom is 0.255 e. The maximum atomic E-state index is 12.4. The summed E-state index contributed by atoms with van der Waals surface area (Å²) in [6, 6.07) is 4.43. The number of carbonyl (C=O) groups excluding carboxylic acids is 1. The lowest BCUT2D eigenvalue weighted by Crippen LogP contribution is -2.42. The Morgan fingerprint density at radius 3 is 2.79 bits per heavy atom. The molecule has 1 unspecified atom stereocenters. The van der Waals surface area contributed by atoms with Crippen molar-refractivity contribution in [2.24, 2.45) is 0 Å². The topological polar surface area (TPSA) is 45.2 Å². The van der Waals surface area contributed by atoms with Crippen LogP contribution in [0.15, 0.2) is 18.3 Å². The van der Waals surface area contributed by atoms with E-state index in [1.807, 2.05) is 17.0 Å². The number of hydrogen-bond donors (Lipinski definition) is 1. The molecule has 104 valence electrons. The van der Waals surface area contributed by atoms with Crippen molar-refractivity contribution in [3.8, 4) is 0 Å². The van der Waals surface area contributed by atoms with E-state index < -0.39 is 0 Å². The molecular weight excluding hydrogens is 238 g/mol. The first-order chi connectivity index (χ1) is 9.08. The Kier molecular flexibility index (Phi) is 4.40. The fourth-order valence-corrected chi connectivity index (χ4v) is 2.47. The molecule has 1 aliphatic heterocycles. The molecule has 0 bridgehead atoms. The number of hydrogen-bond acceptors (Lipinski definition) is 3. The minimum atomic E-state index is 0.107. The van der Waals surface area contributed by atoms with Crippen LogP contribution in [0.1, 0.15) is 50.4 Å². The van der Waals surface area contributed by atoms with Gasteiger partial charge in [-0.1, -0.05) is 0 Å². The van der Waals surface area contributed by atoms with Crippen LogP contribution in [-0.4, -0.2) is 34.4 Å². The molecule has 1 aromatic heterocycles. The van der Waals surface area contributed by atoms with Crippen LogP contribution in [0.2, 0.25) is 0 Å². The summed E-state index contributed by atoms with van der Waals surface area (Å²) in [4.78, 5) is 18.7. The summed E-state index contributed by atoms with van der Waals surface area (Å²) in [7, 11) is 0. The van der Waals surface area contributed by atoms with Crippen molar-refractivity contribution in [3.63, 3.8) is 0 Å². The molecule has 4 heteroatoms. The fourth-order valence-electron chi connectivity index (χ4n) is 2.47. The smallest absolute Gasteiger partial charge is 0.255 e. The van der Waals surface area contributed by atoms with Gasteiger partial charge in [0.1, 0.15) is 5.82 Å². The van der Waals surface area contributed by atoms with Crippen molar-refractivity contribution in [2.75, 3.05) is 11.9 Å². The molecule has 4 nitrogen and oxygen atoms in total. The number of aromatic nitrogens is 1. The van der Waals surface area contributed by atoms with E-state index in [1.165, 1.54) is 6.42 Å². The molecule has 1 atom stereocenters. The number of piperidine rings is 1. The van der Waals surface area contributed by atoms with Gasteiger partial charge in [0.15, 0.2) is 0 Å². The van der Waals surface area contributed by atoms with Crippen LogP contribution in [0, 0.1) is 0 Å². The highest BCUT2D eigenvalue weighted by molar-refractivity contribution is 5.94. The number of anilines is 1. The zero-order valence-electron chi connectivity index (χ0n) is 12.0. The molecule has 0 radical (unpaired) electrons. The molecule has 0 spiro atoms. The average molecular weight is 261 g/mol. The minimum Gasteiger partial charge on any atom is -0.368 e. The van der Waals surface area contributed by atoms with Crippen LogP contribution >= 0.6 is 0 Å². The van der Waals surface area contributed by atoms with Crippen molar-refractivity contribution in [3.05, 3.63) is 23.9 Å². The van der Waals surface area contributed by atoms with Crippen LogP contribution in [0.3, 0.4) is 0 Å². The van der Waals surface area contributed by atoms with Crippen LogP contribution in [0.5, 0.6) is 0 Å². The van der Waals surface area contributed by atoms with Gasteiger partial charge in [0.25, 0.3) is 5.91 Å². The van der Waals surface area contributed by atoms with Crippen molar-refractivity contribution in [1.82, 2.24) is 9.88 Å². The lowest BCUT2D eigenvalue weighted by molar-refractivity contribution is 0.0635. The van der Waals surface area contributed by atoms with Crippen LogP contribution in [0.4, 0.5) is 5.82 Å². The van der Waals surface area contributed by atoms with Crippen molar-refractivity contribution in [2.45, 2.75) is 52.1 Å². The predicted octanol–water partition coefficient (Wildman–Crippen LogP) is 2.92. The van der Waals surface area contributed by atoms with Crippen LogP contribution in [0.25, 0.3) is 0 Å². The molecule has 1 amide bonds. The van der Waals surface area contributed by atoms with E-state index in [4.69, 9.17) is 0 Å². The van der Waals surface area contributed by atoms with Gasteiger partial charge in [-0.3, -0.25) is 4.79 Å². The molecule has 2 heterocycles. The number of amides is 1. The number of carbonyl (C=O) groups is 1. The number of nitrogens with zero attached hydrogens (tertiary/aromatic N) is 2. The molecule has 0 aliphatic carbocycles. The third-order valence-electron chi connectivity index (χ3n) is 3.51. The second kappa shape index (κ2) is 6.04. The predicted molar refractivity (Wildman–Crippen MR) is 77.3 cm³/mol. The molecule has 1 aliphatic rings. The third kappa shape index (κ3) is 3.46. The number of nitrogens with one attached hydrogen (secondary N) is 1. The summed E-state index contributed by atoms with van der Waals surface area (Å²) in [5.41, 5.74) is 0.683. The summed E-state index contributed by atoms with van der Waals surface area (Å²) in [6.45, 7) is 7.12. The molecule has 1 fully saturated rings. The van der Waals surface area contributed by atoms with E-state index in [-0.39, 0.29) is 5.91 Å². The lowest BCUT2D eigenvalue weighted by Gasteiger charge is -2.33. The highest BCUT2D eigenvalue weighted by atomic mass is 16.2. The number of pyridine rings is 1. The number of likely N-dealkylation sites (tertiary alicyclic amines) is 1. The second-order valence-corrected chi connectivity index (χ2v) is 5.57. The highest BCUT2D eigenvalue weighted by Gasteiger charge is 2.24. The van der Waals surface area contributed by atoms with Gasteiger partial charge in [0, 0.05) is 24.8 Å². The minimum absolute atomic E-state index is 0.107. The van der Waals surface area contributed by atoms with E-state index in [0.717, 1.165) is 25.2 Å². The van der Waals surface area contributed by atoms with Crippen molar-refractivity contribution < 1.29 is 4.79 Å². The second-order valence-electron chi connectivity index (χ2n) is 5.57. The monoisotopic (exact) mass is 261 g/mol. The van der Waals surface area contributed by atoms with Crippen LogP contribution < -0.4 is 5.32 Å². The van der Waals surface area contributed by atoms with Gasteiger partial charge in [0.2, 0.25) is 0 Å². The first-order valence-corrected chi connectivity index (χ1v) is 7.11. The van der Waals surface area contributed by atoms with Crippen molar-refractivity contribution >= 4 is 11.7 Å². The molecule has 0 aromatic carbocycles. The molecule has 0 saturated carbocycles. The Morgan fingerprint density at radius 1 is 1.42 bits per heavy atom. The first-order valence-electron chi connectivity index (χ1n) is 7.11. The largest absolute Gasteiger partial charge is 0.368 e. The Labute approximate surface area is 115 Å². The number of rotatable bonds is 3. The summed E-state index contributed by atoms with van der Waals surface area (Å²) in [5.74, 6) is 0.925. The van der Waals surface area contributed by atoms with E-state index in [2.05, 4.69) is 31.1 Å². The Balaban J connectivity index is 2.06. The van der Waals surface area contributed by atoms with Gasteiger partial charge in [-0.15, -0.1) is 0 Å². The normalized spacial score (nSPS) is 19.6. The van der Waals surface area contributed by atoms with Gasteiger partial charge < -0.3 is 10.2 Å². The average Bonchev–Trinajstić information content (AvgIpc) is 2.39. The van der Waals surface area contributed by atoms with Gasteiger partial charge in [0.05, 0.1) is 5.56 Å².